The minimum absolute atomic E-state index is 0.0153. The van der Waals surface area contributed by atoms with E-state index in [0.29, 0.717) is 23.9 Å². The van der Waals surface area contributed by atoms with Crippen molar-refractivity contribution >= 4 is 13.7 Å². The highest BCUT2D eigenvalue weighted by molar-refractivity contribution is 7.45. The summed E-state index contributed by atoms with van der Waals surface area (Å²) in [6.07, 6.45) is 62.3. The van der Waals surface area contributed by atoms with E-state index >= 15 is 0 Å². The SMILES string of the molecule is CCCCCCCCCCCCCCCCCCCCCCCCCCCCCCCCCCCCCCCCCCC(=O)NC(COP(=O)([O-])OCC[N+](C)(C)C)C(O)CCCCCCCC. The van der Waals surface area contributed by atoms with E-state index in [0.717, 1.165) is 38.5 Å². The lowest BCUT2D eigenvalue weighted by atomic mass is 10.0. The summed E-state index contributed by atoms with van der Waals surface area (Å²) in [6.45, 7) is 4.69. The summed E-state index contributed by atoms with van der Waals surface area (Å²) in [6, 6.07) is -0.792. The Morgan fingerprint density at radius 1 is 0.456 bits per heavy atom. The van der Waals surface area contributed by atoms with Crippen LogP contribution in [0.4, 0.5) is 0 Å². The number of aliphatic hydroxyl groups is 1. The fourth-order valence-electron chi connectivity index (χ4n) is 9.57. The number of carbonyl (C=O) groups is 1. The first-order chi connectivity index (χ1) is 33.0. The van der Waals surface area contributed by atoms with Gasteiger partial charge in [-0.15, -0.1) is 0 Å². The van der Waals surface area contributed by atoms with Crippen molar-refractivity contribution in [1.29, 1.82) is 0 Å². The van der Waals surface area contributed by atoms with E-state index in [-0.39, 0.29) is 19.1 Å². The minimum Gasteiger partial charge on any atom is -0.756 e. The van der Waals surface area contributed by atoms with Gasteiger partial charge in [-0.05, 0) is 12.8 Å². The Morgan fingerprint density at radius 2 is 0.721 bits per heavy atom. The predicted octanol–water partition coefficient (Wildman–Crippen LogP) is 17.8. The molecule has 0 fully saturated rings. The summed E-state index contributed by atoms with van der Waals surface area (Å²) < 4.78 is 23.2. The normalized spacial score (nSPS) is 13.8. The van der Waals surface area contributed by atoms with Gasteiger partial charge in [0.05, 0.1) is 39.9 Å². The second-order valence-electron chi connectivity index (χ2n) is 22.4. The first-order valence-corrected chi connectivity index (χ1v) is 31.8. The van der Waals surface area contributed by atoms with E-state index in [9.17, 15) is 19.4 Å². The van der Waals surface area contributed by atoms with E-state index in [1.165, 1.54) is 257 Å². The number of hydrogen-bond acceptors (Lipinski definition) is 6. The second-order valence-corrected chi connectivity index (χ2v) is 23.8. The van der Waals surface area contributed by atoms with Crippen LogP contribution in [0.1, 0.15) is 322 Å². The molecule has 0 saturated heterocycles. The molecule has 0 radical (unpaired) electrons. The van der Waals surface area contributed by atoms with Crippen molar-refractivity contribution in [3.8, 4) is 0 Å². The van der Waals surface area contributed by atoms with Crippen molar-refractivity contribution in [2.24, 2.45) is 0 Å². The number of nitrogens with zero attached hydrogens (tertiary/aromatic N) is 1. The van der Waals surface area contributed by atoms with Gasteiger partial charge in [0.25, 0.3) is 7.82 Å². The summed E-state index contributed by atoms with van der Waals surface area (Å²) in [5, 5.41) is 13.8. The van der Waals surface area contributed by atoms with Crippen LogP contribution < -0.4 is 10.2 Å². The summed E-state index contributed by atoms with van der Waals surface area (Å²) in [7, 11) is 1.32. The third-order valence-electron chi connectivity index (χ3n) is 14.3. The maximum absolute atomic E-state index is 12.8. The quantitative estimate of drug-likeness (QED) is 0.0357. The van der Waals surface area contributed by atoms with Crippen molar-refractivity contribution < 1.29 is 32.9 Å². The standard InChI is InChI=1S/C59H121N2O6P/c1-6-8-10-12-14-15-16-17-18-19-20-21-22-23-24-25-26-27-28-29-30-31-32-33-34-35-36-37-38-39-40-41-42-43-44-45-46-47-49-51-53-59(63)60-57(58(62)52-50-48-13-11-9-7-2)56-67-68(64,65)66-55-54-61(3,4)5/h57-58,62H,6-56H2,1-5H3,(H-,60,63,64,65). The molecule has 1 amide bonds. The summed E-state index contributed by atoms with van der Waals surface area (Å²) in [5.41, 5.74) is 0. The van der Waals surface area contributed by atoms with Gasteiger partial charge in [0.1, 0.15) is 13.2 Å². The number of quaternary nitrogens is 1. The van der Waals surface area contributed by atoms with Crippen LogP contribution in [0, 0.1) is 0 Å². The molecule has 0 aliphatic heterocycles. The van der Waals surface area contributed by atoms with Crippen LogP contribution in [-0.4, -0.2) is 68.5 Å². The lowest BCUT2D eigenvalue weighted by Crippen LogP contribution is -2.46. The number of rotatable bonds is 57. The highest BCUT2D eigenvalue weighted by atomic mass is 31.2. The smallest absolute Gasteiger partial charge is 0.268 e. The third-order valence-corrected chi connectivity index (χ3v) is 15.3. The van der Waals surface area contributed by atoms with Crippen molar-refractivity contribution in [3.63, 3.8) is 0 Å². The van der Waals surface area contributed by atoms with Crippen LogP contribution in [0.25, 0.3) is 0 Å². The fraction of sp³-hybridized carbons (Fsp3) is 0.983. The summed E-state index contributed by atoms with van der Waals surface area (Å²) in [4.78, 5) is 25.3. The number of hydrogen-bond donors (Lipinski definition) is 2. The Morgan fingerprint density at radius 3 is 1.00 bits per heavy atom. The van der Waals surface area contributed by atoms with Crippen LogP contribution in [0.5, 0.6) is 0 Å². The average Bonchev–Trinajstić information content (AvgIpc) is 3.30. The van der Waals surface area contributed by atoms with E-state index in [4.69, 9.17) is 9.05 Å². The second kappa shape index (κ2) is 51.4. The number of phosphoric acid groups is 1. The molecule has 0 saturated carbocycles. The number of unbranched alkanes of at least 4 members (excludes halogenated alkanes) is 44. The molecule has 0 aliphatic carbocycles. The molecule has 0 aliphatic rings. The van der Waals surface area contributed by atoms with Crippen molar-refractivity contribution in [2.45, 2.75) is 334 Å². The van der Waals surface area contributed by atoms with E-state index in [1.807, 2.05) is 21.1 Å². The van der Waals surface area contributed by atoms with Gasteiger partial charge in [-0.2, -0.15) is 0 Å². The van der Waals surface area contributed by atoms with E-state index in [1.54, 1.807) is 0 Å². The number of aliphatic hydroxyl groups excluding tert-OH is 1. The number of phosphoric ester groups is 1. The molecule has 0 heterocycles. The molecule has 0 spiro atoms. The summed E-state index contributed by atoms with van der Waals surface area (Å²) in [5.74, 6) is -0.163. The van der Waals surface area contributed by atoms with Crippen molar-refractivity contribution in [2.75, 3.05) is 40.9 Å². The highest BCUT2D eigenvalue weighted by Gasteiger charge is 2.24. The topological polar surface area (TPSA) is 108 Å². The molecule has 0 aromatic rings. The number of carbonyl (C=O) groups excluding carboxylic acids is 1. The van der Waals surface area contributed by atoms with Gasteiger partial charge in [-0.25, -0.2) is 0 Å². The monoisotopic (exact) mass is 985 g/mol. The van der Waals surface area contributed by atoms with Gasteiger partial charge in [0.2, 0.25) is 5.91 Å². The van der Waals surface area contributed by atoms with Crippen LogP contribution in [0.2, 0.25) is 0 Å². The Bertz CT molecular complexity index is 1070. The van der Waals surface area contributed by atoms with Gasteiger partial charge >= 0.3 is 0 Å². The first kappa shape index (κ1) is 67.5. The Hall–Kier alpha value is -0.500. The van der Waals surface area contributed by atoms with Gasteiger partial charge in [0.15, 0.2) is 0 Å². The lowest BCUT2D eigenvalue weighted by molar-refractivity contribution is -0.870. The zero-order valence-electron chi connectivity index (χ0n) is 46.6. The van der Waals surface area contributed by atoms with E-state index < -0.39 is 20.0 Å². The molecule has 3 atom stereocenters. The minimum atomic E-state index is -4.55. The molecule has 0 aromatic heterocycles. The van der Waals surface area contributed by atoms with Crippen molar-refractivity contribution in [1.82, 2.24) is 5.32 Å². The molecule has 9 heteroatoms. The van der Waals surface area contributed by atoms with Crippen LogP contribution in [0.15, 0.2) is 0 Å². The van der Waals surface area contributed by atoms with Gasteiger partial charge < -0.3 is 28.8 Å². The zero-order chi connectivity index (χ0) is 49.9. The molecule has 0 rings (SSSR count). The zero-order valence-corrected chi connectivity index (χ0v) is 47.5. The number of likely N-dealkylation sites (N-methyl/N-ethyl adjacent to an activating group) is 1. The Balaban J connectivity index is 3.62. The number of amides is 1. The Labute approximate surface area is 425 Å². The van der Waals surface area contributed by atoms with Crippen LogP contribution in [0.3, 0.4) is 0 Å². The molecule has 68 heavy (non-hydrogen) atoms. The van der Waals surface area contributed by atoms with Gasteiger partial charge in [0, 0.05) is 6.42 Å². The Kier molecular flexibility index (Phi) is 51.0. The maximum Gasteiger partial charge on any atom is 0.268 e. The molecule has 408 valence electrons. The van der Waals surface area contributed by atoms with Crippen molar-refractivity contribution in [3.05, 3.63) is 0 Å². The molecule has 8 nitrogen and oxygen atoms in total. The lowest BCUT2D eigenvalue weighted by Gasteiger charge is -2.30. The molecule has 0 aromatic carbocycles. The fourth-order valence-corrected chi connectivity index (χ4v) is 10.3. The van der Waals surface area contributed by atoms with Crippen LogP contribution >= 0.6 is 7.82 Å². The molecular weight excluding hydrogens is 864 g/mol. The third kappa shape index (κ3) is 53.3. The average molecular weight is 986 g/mol. The summed E-state index contributed by atoms with van der Waals surface area (Å²) >= 11 is 0. The number of nitrogens with one attached hydrogen (secondary N) is 1. The molecular formula is C59H121N2O6P. The first-order valence-electron chi connectivity index (χ1n) is 30.4. The molecule has 3 unspecified atom stereocenters. The highest BCUT2D eigenvalue weighted by Crippen LogP contribution is 2.38. The molecule has 2 N–H and O–H groups in total. The van der Waals surface area contributed by atoms with Crippen LogP contribution in [-0.2, 0) is 18.4 Å². The van der Waals surface area contributed by atoms with Gasteiger partial charge in [-0.3, -0.25) is 9.36 Å². The predicted molar refractivity (Wildman–Crippen MR) is 293 cm³/mol. The maximum atomic E-state index is 12.8. The van der Waals surface area contributed by atoms with Gasteiger partial charge in [-0.1, -0.05) is 303 Å². The molecule has 0 bridgehead atoms. The largest absolute Gasteiger partial charge is 0.756 e. The van der Waals surface area contributed by atoms with E-state index in [2.05, 4.69) is 19.2 Å².